The zero-order chi connectivity index (χ0) is 37.0. The Bertz CT molecular complexity index is 3190. The van der Waals surface area contributed by atoms with Crippen molar-refractivity contribution in [1.82, 2.24) is 24.1 Å². The highest BCUT2D eigenvalue weighted by atomic mass is 15.0. The van der Waals surface area contributed by atoms with E-state index in [-0.39, 0.29) is 0 Å². The summed E-state index contributed by atoms with van der Waals surface area (Å²) in [6.07, 6.45) is 10.4. The van der Waals surface area contributed by atoms with E-state index in [1.165, 1.54) is 32.9 Å². The summed E-state index contributed by atoms with van der Waals surface area (Å²) in [5, 5.41) is 4.73. The van der Waals surface area contributed by atoms with Crippen molar-refractivity contribution in [3.05, 3.63) is 194 Å². The molecule has 5 nitrogen and oxygen atoms in total. The Morgan fingerprint density at radius 1 is 0.482 bits per heavy atom. The van der Waals surface area contributed by atoms with Gasteiger partial charge in [-0.3, -0.25) is 4.57 Å². The lowest BCUT2D eigenvalue weighted by molar-refractivity contribution is 1.03. The minimum Gasteiger partial charge on any atom is -0.309 e. The SMILES string of the molecule is C1=CCCC(c2cc(-c3ccccc3)nc(-c3cccc(-n4c5cc(-c6cccc7c8ccccc8n(-c8ccccc8)c67)ccc5c5cccnc54)c3)n2)=C1. The summed E-state index contributed by atoms with van der Waals surface area (Å²) in [6.45, 7) is 0. The fraction of sp³-hybridized carbons (Fsp3) is 0.0392. The van der Waals surface area contributed by atoms with Crippen molar-refractivity contribution < 1.29 is 0 Å². The largest absolute Gasteiger partial charge is 0.309 e. The Hall–Kier alpha value is -7.37. The average Bonchev–Trinajstić information content (AvgIpc) is 3.80. The molecule has 5 heteroatoms. The van der Waals surface area contributed by atoms with Crippen LogP contribution in [0.25, 0.3) is 94.5 Å². The summed E-state index contributed by atoms with van der Waals surface area (Å²) in [7, 11) is 0. The number of rotatable bonds is 6. The lowest BCUT2D eigenvalue weighted by atomic mass is 10.00. The molecule has 0 atom stereocenters. The summed E-state index contributed by atoms with van der Waals surface area (Å²) in [6, 6.07) is 58.2. The van der Waals surface area contributed by atoms with Crippen LogP contribution in [0.3, 0.4) is 0 Å². The number of fused-ring (bicyclic) bond motifs is 6. The highest BCUT2D eigenvalue weighted by Gasteiger charge is 2.20. The van der Waals surface area contributed by atoms with Crippen molar-refractivity contribution in [1.29, 1.82) is 0 Å². The third-order valence-electron chi connectivity index (χ3n) is 11.0. The molecular formula is C51H35N5. The Kier molecular flexibility index (Phi) is 7.56. The van der Waals surface area contributed by atoms with Crippen molar-refractivity contribution in [3.8, 4) is 45.1 Å². The number of pyridine rings is 1. The van der Waals surface area contributed by atoms with E-state index in [9.17, 15) is 0 Å². The number of hydrogen-bond donors (Lipinski definition) is 0. The van der Waals surface area contributed by atoms with Gasteiger partial charge < -0.3 is 4.57 Å². The molecule has 4 heterocycles. The second-order valence-corrected chi connectivity index (χ2v) is 14.4. The highest BCUT2D eigenvalue weighted by molar-refractivity contribution is 6.15. The molecule has 6 aromatic carbocycles. The van der Waals surface area contributed by atoms with Crippen LogP contribution in [-0.2, 0) is 0 Å². The maximum absolute atomic E-state index is 5.19. The summed E-state index contributed by atoms with van der Waals surface area (Å²) in [5.41, 5.74) is 14.0. The smallest absolute Gasteiger partial charge is 0.160 e. The Balaban J connectivity index is 1.12. The van der Waals surface area contributed by atoms with Crippen LogP contribution in [0, 0.1) is 0 Å². The Labute approximate surface area is 324 Å². The van der Waals surface area contributed by atoms with Gasteiger partial charge in [0, 0.05) is 55.8 Å². The number of allylic oxidation sites excluding steroid dienone is 4. The van der Waals surface area contributed by atoms with E-state index in [1.807, 2.05) is 18.3 Å². The van der Waals surface area contributed by atoms with Crippen molar-refractivity contribution in [3.63, 3.8) is 0 Å². The zero-order valence-corrected chi connectivity index (χ0v) is 30.5. The van der Waals surface area contributed by atoms with Crippen molar-refractivity contribution in [2.45, 2.75) is 12.8 Å². The monoisotopic (exact) mass is 717 g/mol. The van der Waals surface area contributed by atoms with Gasteiger partial charge in [-0.25, -0.2) is 15.0 Å². The lowest BCUT2D eigenvalue weighted by Gasteiger charge is -2.14. The van der Waals surface area contributed by atoms with Crippen LogP contribution < -0.4 is 0 Å². The van der Waals surface area contributed by atoms with Gasteiger partial charge in [0.25, 0.3) is 0 Å². The standard InChI is InChI=1S/C51H35N5/c1-4-15-34(16-5-1)45-33-46(35-17-6-2-7-18-35)54-50(53-45)37-19-12-22-39(31-37)56-48-32-36(28-29-42(48)44-26-14-30-52-51(44)56)40-24-13-25-43-41-23-10-11-27-47(41)55(49(40)43)38-20-8-3-9-21-38/h1-6,8-17,19-33H,7,18H2. The lowest BCUT2D eigenvalue weighted by Crippen LogP contribution is -2.01. The number of aromatic nitrogens is 5. The summed E-state index contributed by atoms with van der Waals surface area (Å²) in [4.78, 5) is 15.3. The Morgan fingerprint density at radius 2 is 1.21 bits per heavy atom. The molecule has 264 valence electrons. The molecule has 0 saturated carbocycles. The van der Waals surface area contributed by atoms with Crippen LogP contribution in [0.2, 0.25) is 0 Å². The van der Waals surface area contributed by atoms with E-state index in [0.717, 1.165) is 74.2 Å². The first-order valence-electron chi connectivity index (χ1n) is 19.2. The van der Waals surface area contributed by atoms with Gasteiger partial charge in [-0.1, -0.05) is 127 Å². The van der Waals surface area contributed by atoms with E-state index < -0.39 is 0 Å². The first kappa shape index (κ1) is 32.1. The molecule has 0 N–H and O–H groups in total. The molecule has 56 heavy (non-hydrogen) atoms. The quantitative estimate of drug-likeness (QED) is 0.172. The molecular weight excluding hydrogens is 683 g/mol. The second-order valence-electron chi connectivity index (χ2n) is 14.4. The number of para-hydroxylation sites is 3. The Morgan fingerprint density at radius 3 is 2.09 bits per heavy atom. The molecule has 0 saturated heterocycles. The fourth-order valence-corrected chi connectivity index (χ4v) is 8.47. The van der Waals surface area contributed by atoms with Crippen molar-refractivity contribution in [2.75, 3.05) is 0 Å². The van der Waals surface area contributed by atoms with Crippen molar-refractivity contribution in [2.24, 2.45) is 0 Å². The molecule has 0 spiro atoms. The number of nitrogens with zero attached hydrogens (tertiary/aromatic N) is 5. The second kappa shape index (κ2) is 13.2. The van der Waals surface area contributed by atoms with Gasteiger partial charge >= 0.3 is 0 Å². The van der Waals surface area contributed by atoms with E-state index in [4.69, 9.17) is 15.0 Å². The maximum Gasteiger partial charge on any atom is 0.160 e. The minimum atomic E-state index is 0.702. The van der Waals surface area contributed by atoms with Crippen LogP contribution in [-0.4, -0.2) is 24.1 Å². The fourth-order valence-electron chi connectivity index (χ4n) is 8.47. The van der Waals surface area contributed by atoms with Gasteiger partial charge in [-0.05, 0) is 78.6 Å². The van der Waals surface area contributed by atoms with E-state index in [0.29, 0.717) is 5.82 Å². The van der Waals surface area contributed by atoms with Crippen LogP contribution in [0.1, 0.15) is 18.5 Å². The summed E-state index contributed by atoms with van der Waals surface area (Å²) < 4.78 is 4.70. The molecule has 4 aromatic heterocycles. The van der Waals surface area contributed by atoms with E-state index in [1.54, 1.807) is 0 Å². The molecule has 1 aliphatic carbocycles. The predicted octanol–water partition coefficient (Wildman–Crippen LogP) is 12.8. The first-order valence-corrected chi connectivity index (χ1v) is 19.2. The summed E-state index contributed by atoms with van der Waals surface area (Å²) in [5.74, 6) is 0.702. The van der Waals surface area contributed by atoms with Gasteiger partial charge in [0.15, 0.2) is 5.82 Å². The van der Waals surface area contributed by atoms with Crippen LogP contribution in [0.4, 0.5) is 0 Å². The maximum atomic E-state index is 5.19. The van der Waals surface area contributed by atoms with Gasteiger partial charge in [0.1, 0.15) is 5.65 Å². The summed E-state index contributed by atoms with van der Waals surface area (Å²) >= 11 is 0. The van der Waals surface area contributed by atoms with E-state index >= 15 is 0 Å². The molecule has 1 aliphatic rings. The molecule has 11 rings (SSSR count). The van der Waals surface area contributed by atoms with Crippen LogP contribution in [0.15, 0.2) is 188 Å². The minimum absolute atomic E-state index is 0.702. The zero-order valence-electron chi connectivity index (χ0n) is 30.5. The first-order chi connectivity index (χ1) is 27.8. The van der Waals surface area contributed by atoms with Gasteiger partial charge in [0.2, 0.25) is 0 Å². The number of hydrogen-bond acceptors (Lipinski definition) is 3. The normalized spacial score (nSPS) is 12.9. The molecule has 0 amide bonds. The molecule has 0 unspecified atom stereocenters. The third-order valence-corrected chi connectivity index (χ3v) is 11.0. The molecule has 10 aromatic rings. The van der Waals surface area contributed by atoms with E-state index in [2.05, 4.69) is 179 Å². The number of benzene rings is 6. The molecule has 0 aliphatic heterocycles. The topological polar surface area (TPSA) is 48.5 Å². The van der Waals surface area contributed by atoms with Gasteiger partial charge in [-0.2, -0.15) is 0 Å². The van der Waals surface area contributed by atoms with Gasteiger partial charge in [0.05, 0.1) is 27.9 Å². The third kappa shape index (κ3) is 5.28. The van der Waals surface area contributed by atoms with Crippen molar-refractivity contribution >= 4 is 49.3 Å². The molecule has 0 radical (unpaired) electrons. The molecule has 0 bridgehead atoms. The highest BCUT2D eigenvalue weighted by Crippen LogP contribution is 2.41. The molecule has 0 fully saturated rings. The van der Waals surface area contributed by atoms with Crippen LogP contribution >= 0.6 is 0 Å². The van der Waals surface area contributed by atoms with Gasteiger partial charge in [-0.15, -0.1) is 0 Å². The van der Waals surface area contributed by atoms with Crippen LogP contribution in [0.5, 0.6) is 0 Å². The predicted molar refractivity (Wildman–Crippen MR) is 231 cm³/mol. The average molecular weight is 718 g/mol.